The number of hydrogen-bond acceptors (Lipinski definition) is 5. The molecule has 2 aromatic carbocycles. The molecule has 0 saturated carbocycles. The fraction of sp³-hybridized carbons (Fsp3) is 0.190. The van der Waals surface area contributed by atoms with E-state index in [4.69, 9.17) is 11.0 Å². The maximum atomic E-state index is 13.8. The van der Waals surface area contributed by atoms with Gasteiger partial charge in [0.05, 0.1) is 16.8 Å². The van der Waals surface area contributed by atoms with Crippen molar-refractivity contribution in [1.29, 1.82) is 5.26 Å². The topological polar surface area (TPSA) is 98.8 Å². The largest absolute Gasteiger partial charge is 0.399 e. The van der Waals surface area contributed by atoms with Gasteiger partial charge in [0.2, 0.25) is 0 Å². The highest BCUT2D eigenvalue weighted by Crippen LogP contribution is 2.21. The second kappa shape index (κ2) is 7.25. The highest BCUT2D eigenvalue weighted by molar-refractivity contribution is 5.58. The monoisotopic (exact) mass is 375 g/mol. The predicted molar refractivity (Wildman–Crippen MR) is 104 cm³/mol. The number of nitrogen functional groups attached to an aromatic ring is 1. The van der Waals surface area contributed by atoms with Crippen molar-refractivity contribution in [2.75, 3.05) is 12.3 Å². The van der Waals surface area contributed by atoms with Crippen LogP contribution in [-0.2, 0) is 19.5 Å². The molecular formula is C21H18FN5O. The lowest BCUT2D eigenvalue weighted by atomic mass is 10.0. The molecule has 3 N–H and O–H groups in total. The van der Waals surface area contributed by atoms with Gasteiger partial charge in [-0.15, -0.1) is 0 Å². The quantitative estimate of drug-likeness (QED) is 0.686. The van der Waals surface area contributed by atoms with E-state index in [0.717, 1.165) is 16.8 Å². The molecule has 2 heterocycles. The number of halogens is 1. The summed E-state index contributed by atoms with van der Waals surface area (Å²) in [6.07, 6.45) is 0.639. The Bertz CT molecular complexity index is 1130. The maximum absolute atomic E-state index is 13.8. The van der Waals surface area contributed by atoms with Crippen LogP contribution in [0, 0.1) is 17.1 Å². The molecule has 0 fully saturated rings. The van der Waals surface area contributed by atoms with Crippen LogP contribution in [0.4, 0.5) is 10.1 Å². The minimum atomic E-state index is -0.523. The molecule has 0 unspecified atom stereocenters. The molecule has 1 aliphatic rings. The first kappa shape index (κ1) is 17.9. The predicted octanol–water partition coefficient (Wildman–Crippen LogP) is 2.59. The van der Waals surface area contributed by atoms with Crippen molar-refractivity contribution >= 4 is 5.69 Å². The van der Waals surface area contributed by atoms with Crippen LogP contribution >= 0.6 is 0 Å². The molecule has 0 atom stereocenters. The third-order valence-corrected chi connectivity index (χ3v) is 4.89. The smallest absolute Gasteiger partial charge is 0.255 e. The summed E-state index contributed by atoms with van der Waals surface area (Å²) in [4.78, 5) is 22.2. The average molecular weight is 375 g/mol. The highest BCUT2D eigenvalue weighted by atomic mass is 19.1. The van der Waals surface area contributed by atoms with Crippen molar-refractivity contribution in [3.05, 3.63) is 81.0 Å². The number of H-pyrrole nitrogens is 1. The van der Waals surface area contributed by atoms with Gasteiger partial charge < -0.3 is 10.7 Å². The standard InChI is InChI=1S/C21H18FN5O/c22-18-9-13(1-2-15(18)10-23)11-27-8-7-19-17(12-27)21(28)26-20(25-19)14-3-5-16(24)6-4-14/h1-6,9H,7-8,11-12,24H2,(H,25,26,28). The van der Waals surface area contributed by atoms with Gasteiger partial charge in [-0.2, -0.15) is 5.26 Å². The second-order valence-electron chi connectivity index (χ2n) is 6.85. The maximum Gasteiger partial charge on any atom is 0.255 e. The number of anilines is 1. The van der Waals surface area contributed by atoms with Gasteiger partial charge >= 0.3 is 0 Å². The van der Waals surface area contributed by atoms with Crippen molar-refractivity contribution in [2.45, 2.75) is 19.5 Å². The van der Waals surface area contributed by atoms with E-state index in [1.807, 2.05) is 18.2 Å². The number of benzene rings is 2. The molecule has 0 aliphatic carbocycles. The van der Waals surface area contributed by atoms with Gasteiger partial charge in [0.1, 0.15) is 17.7 Å². The molecule has 0 radical (unpaired) electrons. The Morgan fingerprint density at radius 3 is 2.75 bits per heavy atom. The fourth-order valence-electron chi connectivity index (χ4n) is 3.40. The van der Waals surface area contributed by atoms with Crippen molar-refractivity contribution in [3.63, 3.8) is 0 Å². The van der Waals surface area contributed by atoms with Gasteiger partial charge in [-0.25, -0.2) is 9.37 Å². The average Bonchev–Trinajstić information content (AvgIpc) is 2.69. The Balaban J connectivity index is 1.56. The number of fused-ring (bicyclic) bond motifs is 1. The molecule has 6 nitrogen and oxygen atoms in total. The first-order valence-electron chi connectivity index (χ1n) is 8.92. The van der Waals surface area contributed by atoms with E-state index in [1.165, 1.54) is 12.1 Å². The molecular weight excluding hydrogens is 357 g/mol. The fourth-order valence-corrected chi connectivity index (χ4v) is 3.40. The lowest BCUT2D eigenvalue weighted by Crippen LogP contribution is -2.35. The highest BCUT2D eigenvalue weighted by Gasteiger charge is 2.22. The van der Waals surface area contributed by atoms with Gasteiger partial charge in [-0.1, -0.05) is 6.07 Å². The van der Waals surface area contributed by atoms with E-state index in [1.54, 1.807) is 18.2 Å². The van der Waals surface area contributed by atoms with E-state index in [-0.39, 0.29) is 11.1 Å². The van der Waals surface area contributed by atoms with Gasteiger partial charge in [-0.05, 0) is 42.0 Å². The van der Waals surface area contributed by atoms with Gasteiger partial charge in [0, 0.05) is 37.3 Å². The summed E-state index contributed by atoms with van der Waals surface area (Å²) < 4.78 is 13.8. The van der Waals surface area contributed by atoms with E-state index in [9.17, 15) is 9.18 Å². The van der Waals surface area contributed by atoms with Crippen LogP contribution in [0.2, 0.25) is 0 Å². The number of nitriles is 1. The Labute approximate surface area is 161 Å². The van der Waals surface area contributed by atoms with Crippen molar-refractivity contribution < 1.29 is 4.39 Å². The lowest BCUT2D eigenvalue weighted by molar-refractivity contribution is 0.241. The normalized spacial score (nSPS) is 13.7. The minimum absolute atomic E-state index is 0.0311. The third-order valence-electron chi connectivity index (χ3n) is 4.89. The van der Waals surface area contributed by atoms with Gasteiger partial charge in [0.15, 0.2) is 0 Å². The van der Waals surface area contributed by atoms with Crippen molar-refractivity contribution in [3.8, 4) is 17.5 Å². The number of nitrogens with two attached hydrogens (primary N) is 1. The zero-order chi connectivity index (χ0) is 19.7. The van der Waals surface area contributed by atoms with Crippen molar-refractivity contribution in [2.24, 2.45) is 0 Å². The van der Waals surface area contributed by atoms with Crippen LogP contribution in [0.1, 0.15) is 22.4 Å². The molecule has 0 spiro atoms. The molecule has 1 aromatic heterocycles. The lowest BCUT2D eigenvalue weighted by Gasteiger charge is -2.27. The minimum Gasteiger partial charge on any atom is -0.399 e. The zero-order valence-electron chi connectivity index (χ0n) is 15.1. The zero-order valence-corrected chi connectivity index (χ0v) is 15.1. The second-order valence-corrected chi connectivity index (χ2v) is 6.85. The Morgan fingerprint density at radius 2 is 2.04 bits per heavy atom. The van der Waals surface area contributed by atoms with Crippen molar-refractivity contribution in [1.82, 2.24) is 14.9 Å². The summed E-state index contributed by atoms with van der Waals surface area (Å²) in [7, 11) is 0. The third kappa shape index (κ3) is 3.50. The molecule has 4 rings (SSSR count). The van der Waals surface area contributed by atoms with Crippen LogP contribution in [0.3, 0.4) is 0 Å². The molecule has 0 bridgehead atoms. The summed E-state index contributed by atoms with van der Waals surface area (Å²) in [5.74, 6) is 0.0106. The first-order valence-corrected chi connectivity index (χ1v) is 8.92. The molecule has 3 aromatic rings. The molecule has 0 amide bonds. The molecule has 140 valence electrons. The van der Waals surface area contributed by atoms with Crippen LogP contribution in [0.5, 0.6) is 0 Å². The number of nitrogens with one attached hydrogen (secondary N) is 1. The van der Waals surface area contributed by atoms with E-state index < -0.39 is 5.82 Å². The van der Waals surface area contributed by atoms with Crippen LogP contribution in [-0.4, -0.2) is 21.4 Å². The number of nitrogens with zero attached hydrogens (tertiary/aromatic N) is 3. The number of aromatic amines is 1. The number of rotatable bonds is 3. The van der Waals surface area contributed by atoms with Crippen LogP contribution in [0.15, 0.2) is 47.3 Å². The Kier molecular flexibility index (Phi) is 4.63. The van der Waals surface area contributed by atoms with E-state index in [2.05, 4.69) is 14.9 Å². The Morgan fingerprint density at radius 1 is 1.25 bits per heavy atom. The number of hydrogen-bond donors (Lipinski definition) is 2. The SMILES string of the molecule is N#Cc1ccc(CN2CCc3nc(-c4ccc(N)cc4)[nH]c(=O)c3C2)cc1F. The van der Waals surface area contributed by atoms with Crippen LogP contribution < -0.4 is 11.3 Å². The van der Waals surface area contributed by atoms with E-state index in [0.29, 0.717) is 43.1 Å². The Hall–Kier alpha value is -3.50. The summed E-state index contributed by atoms with van der Waals surface area (Å²) in [6.45, 7) is 1.66. The van der Waals surface area contributed by atoms with Gasteiger partial charge in [-0.3, -0.25) is 9.69 Å². The summed E-state index contributed by atoms with van der Waals surface area (Å²) >= 11 is 0. The summed E-state index contributed by atoms with van der Waals surface area (Å²) in [6, 6.07) is 13.6. The molecule has 1 aliphatic heterocycles. The first-order chi connectivity index (χ1) is 13.5. The van der Waals surface area contributed by atoms with E-state index >= 15 is 0 Å². The molecule has 0 saturated heterocycles. The number of aromatic nitrogens is 2. The van der Waals surface area contributed by atoms with Gasteiger partial charge in [0.25, 0.3) is 5.56 Å². The molecule has 7 heteroatoms. The summed E-state index contributed by atoms with van der Waals surface area (Å²) in [5.41, 5.74) is 9.24. The molecule has 28 heavy (non-hydrogen) atoms. The summed E-state index contributed by atoms with van der Waals surface area (Å²) in [5, 5.41) is 8.84. The van der Waals surface area contributed by atoms with Crippen LogP contribution in [0.25, 0.3) is 11.4 Å².